The molecule has 1 fully saturated rings. The highest BCUT2D eigenvalue weighted by Gasteiger charge is 2.45. The third-order valence-electron chi connectivity index (χ3n) is 7.90. The lowest BCUT2D eigenvalue weighted by atomic mass is 9.86. The van der Waals surface area contributed by atoms with Crippen molar-refractivity contribution in [3.05, 3.63) is 93.5 Å². The van der Waals surface area contributed by atoms with Crippen LogP contribution in [0.25, 0.3) is 0 Å². The van der Waals surface area contributed by atoms with Gasteiger partial charge in [0.2, 0.25) is 0 Å². The predicted molar refractivity (Wildman–Crippen MR) is 160 cm³/mol. The number of fused-ring (bicyclic) bond motifs is 1. The summed E-state index contributed by atoms with van der Waals surface area (Å²) in [7, 11) is 0. The molecule has 3 aromatic rings. The van der Waals surface area contributed by atoms with Crippen LogP contribution in [-0.2, 0) is 22.6 Å². The monoisotopic (exact) mass is 567 g/mol. The van der Waals surface area contributed by atoms with Gasteiger partial charge in [-0.3, -0.25) is 0 Å². The van der Waals surface area contributed by atoms with E-state index in [-0.39, 0.29) is 12.2 Å². The Balaban J connectivity index is 1.37. The zero-order chi connectivity index (χ0) is 27.2. The topological polar surface area (TPSA) is 39.7 Å². The summed E-state index contributed by atoms with van der Waals surface area (Å²) in [6.45, 7) is 5.99. The van der Waals surface area contributed by atoms with Crippen molar-refractivity contribution in [1.29, 1.82) is 0 Å². The van der Waals surface area contributed by atoms with Crippen LogP contribution in [0.1, 0.15) is 75.2 Å². The molecule has 1 aliphatic heterocycles. The molecule has 0 spiro atoms. The fourth-order valence-electron chi connectivity index (χ4n) is 5.81. The number of halogens is 2. The average Bonchev–Trinajstić information content (AvgIpc) is 2.92. The molecule has 1 N–H and O–H groups in total. The van der Waals surface area contributed by atoms with Crippen LogP contribution in [0.4, 0.5) is 5.69 Å². The molecule has 2 unspecified atom stereocenters. The van der Waals surface area contributed by atoms with Gasteiger partial charge in [-0.05, 0) is 79.8 Å². The third kappa shape index (κ3) is 7.49. The maximum atomic E-state index is 6.73. The molecule has 0 saturated heterocycles. The van der Waals surface area contributed by atoms with Crippen LogP contribution in [0.15, 0.2) is 66.7 Å². The first-order chi connectivity index (χ1) is 18.9. The zero-order valence-electron chi connectivity index (χ0n) is 22.9. The van der Waals surface area contributed by atoms with Gasteiger partial charge in [0.25, 0.3) is 0 Å². The first-order valence-corrected chi connectivity index (χ1v) is 14.9. The van der Waals surface area contributed by atoms with E-state index in [0.29, 0.717) is 24.8 Å². The van der Waals surface area contributed by atoms with E-state index in [0.717, 1.165) is 45.5 Å². The highest BCUT2D eigenvalue weighted by Crippen LogP contribution is 2.45. The lowest BCUT2D eigenvalue weighted by Crippen LogP contribution is -2.51. The predicted octanol–water partition coefficient (Wildman–Crippen LogP) is 9.39. The Kier molecular flexibility index (Phi) is 9.40. The van der Waals surface area contributed by atoms with E-state index in [1.165, 1.54) is 32.1 Å². The van der Waals surface area contributed by atoms with Gasteiger partial charge in [-0.15, -0.1) is 0 Å². The SMILES string of the molecule is CC1(C)Oc2ccc(NCc3cccc(Cl)c3)cc2C(OCCC2CCCCC2)C1OCc1cccc(Cl)c1. The highest BCUT2D eigenvalue weighted by molar-refractivity contribution is 6.30. The summed E-state index contributed by atoms with van der Waals surface area (Å²) in [5.41, 5.74) is 3.61. The number of anilines is 1. The van der Waals surface area contributed by atoms with Crippen molar-refractivity contribution in [2.45, 2.75) is 83.3 Å². The van der Waals surface area contributed by atoms with E-state index in [2.05, 4.69) is 37.4 Å². The molecule has 39 heavy (non-hydrogen) atoms. The Hall–Kier alpha value is -2.24. The van der Waals surface area contributed by atoms with Crippen molar-refractivity contribution in [3.63, 3.8) is 0 Å². The van der Waals surface area contributed by atoms with Gasteiger partial charge < -0.3 is 19.5 Å². The molecular formula is C33H39Cl2NO3. The molecule has 4 nitrogen and oxygen atoms in total. The minimum absolute atomic E-state index is 0.251. The van der Waals surface area contributed by atoms with Crippen molar-refractivity contribution >= 4 is 28.9 Å². The van der Waals surface area contributed by atoms with Crippen LogP contribution in [0, 0.1) is 5.92 Å². The molecule has 5 rings (SSSR count). The Morgan fingerprint density at radius 1 is 0.872 bits per heavy atom. The molecule has 2 aliphatic rings. The molecule has 0 radical (unpaired) electrons. The Bertz CT molecular complexity index is 1240. The number of nitrogens with one attached hydrogen (secondary N) is 1. The summed E-state index contributed by atoms with van der Waals surface area (Å²) in [5, 5.41) is 4.98. The lowest BCUT2D eigenvalue weighted by Gasteiger charge is -2.44. The number of rotatable bonds is 10. The van der Waals surface area contributed by atoms with Gasteiger partial charge in [0.1, 0.15) is 23.6 Å². The van der Waals surface area contributed by atoms with Crippen molar-refractivity contribution in [1.82, 2.24) is 0 Å². The maximum absolute atomic E-state index is 6.73. The molecule has 3 aromatic carbocycles. The Labute approximate surface area is 243 Å². The quantitative estimate of drug-likeness (QED) is 0.265. The van der Waals surface area contributed by atoms with E-state index in [1.807, 2.05) is 48.5 Å². The number of hydrogen-bond donors (Lipinski definition) is 1. The largest absolute Gasteiger partial charge is 0.485 e. The molecule has 1 heterocycles. The van der Waals surface area contributed by atoms with Crippen LogP contribution in [0.3, 0.4) is 0 Å². The van der Waals surface area contributed by atoms with Crippen LogP contribution in [0.5, 0.6) is 5.75 Å². The van der Waals surface area contributed by atoms with Crippen LogP contribution < -0.4 is 10.1 Å². The number of ether oxygens (including phenoxy) is 3. The molecule has 0 amide bonds. The molecule has 0 aromatic heterocycles. The Morgan fingerprint density at radius 2 is 1.59 bits per heavy atom. The smallest absolute Gasteiger partial charge is 0.132 e. The van der Waals surface area contributed by atoms with Crippen LogP contribution in [0.2, 0.25) is 10.0 Å². The first-order valence-electron chi connectivity index (χ1n) is 14.2. The van der Waals surface area contributed by atoms with E-state index >= 15 is 0 Å². The third-order valence-corrected chi connectivity index (χ3v) is 8.37. The Morgan fingerprint density at radius 3 is 2.33 bits per heavy atom. The van der Waals surface area contributed by atoms with E-state index < -0.39 is 5.60 Å². The lowest BCUT2D eigenvalue weighted by molar-refractivity contribution is -0.168. The molecule has 1 aliphatic carbocycles. The summed E-state index contributed by atoms with van der Waals surface area (Å²) >= 11 is 12.4. The fraction of sp³-hybridized carbons (Fsp3) is 0.455. The van der Waals surface area contributed by atoms with Crippen LogP contribution in [-0.4, -0.2) is 18.3 Å². The summed E-state index contributed by atoms with van der Waals surface area (Å²) < 4.78 is 19.8. The van der Waals surface area contributed by atoms with Crippen molar-refractivity contribution in [3.8, 4) is 5.75 Å². The second kappa shape index (κ2) is 13.0. The normalized spacial score (nSPS) is 20.7. The summed E-state index contributed by atoms with van der Waals surface area (Å²) in [5.74, 6) is 1.60. The molecular weight excluding hydrogens is 529 g/mol. The summed E-state index contributed by atoms with van der Waals surface area (Å²) in [6.07, 6.45) is 7.20. The number of benzene rings is 3. The molecule has 1 saturated carbocycles. The van der Waals surface area contributed by atoms with Gasteiger partial charge in [-0.1, -0.05) is 79.6 Å². The van der Waals surface area contributed by atoms with Crippen LogP contribution >= 0.6 is 23.2 Å². The van der Waals surface area contributed by atoms with Gasteiger partial charge in [-0.2, -0.15) is 0 Å². The minimum Gasteiger partial charge on any atom is -0.485 e. The van der Waals surface area contributed by atoms with E-state index in [4.69, 9.17) is 37.4 Å². The van der Waals surface area contributed by atoms with Gasteiger partial charge in [0, 0.05) is 34.4 Å². The average molecular weight is 569 g/mol. The van der Waals surface area contributed by atoms with Crippen molar-refractivity contribution < 1.29 is 14.2 Å². The van der Waals surface area contributed by atoms with Gasteiger partial charge in [0.05, 0.1) is 6.61 Å². The standard InChI is InChI=1S/C33H39Cl2NO3/c1-33(2)32(38-22-25-11-7-13-27(35)19-25)31(37-17-16-23-8-4-3-5-9-23)29-20-28(14-15-30(29)39-33)36-21-24-10-6-12-26(34)18-24/h6-7,10-15,18-20,23,31-32,36H,3-5,8-9,16-17,21-22H2,1-2H3. The fourth-order valence-corrected chi connectivity index (χ4v) is 6.24. The molecule has 0 bridgehead atoms. The molecule has 6 heteroatoms. The second-order valence-electron chi connectivity index (χ2n) is 11.4. The van der Waals surface area contributed by atoms with Gasteiger partial charge >= 0.3 is 0 Å². The minimum atomic E-state index is -0.573. The van der Waals surface area contributed by atoms with E-state index in [9.17, 15) is 0 Å². The first kappa shape index (κ1) is 28.3. The zero-order valence-corrected chi connectivity index (χ0v) is 24.4. The second-order valence-corrected chi connectivity index (χ2v) is 12.3. The summed E-state index contributed by atoms with van der Waals surface area (Å²) in [6, 6.07) is 22.0. The highest BCUT2D eigenvalue weighted by atomic mass is 35.5. The maximum Gasteiger partial charge on any atom is 0.132 e. The summed E-state index contributed by atoms with van der Waals surface area (Å²) in [4.78, 5) is 0. The molecule has 208 valence electrons. The molecule has 2 atom stereocenters. The van der Waals surface area contributed by atoms with Crippen molar-refractivity contribution in [2.75, 3.05) is 11.9 Å². The van der Waals surface area contributed by atoms with Gasteiger partial charge in [0.15, 0.2) is 0 Å². The van der Waals surface area contributed by atoms with Crippen molar-refractivity contribution in [2.24, 2.45) is 5.92 Å². The van der Waals surface area contributed by atoms with E-state index in [1.54, 1.807) is 0 Å². The number of hydrogen-bond acceptors (Lipinski definition) is 4. The van der Waals surface area contributed by atoms with Gasteiger partial charge in [-0.25, -0.2) is 0 Å².